The molecule has 0 saturated carbocycles. The van der Waals surface area contributed by atoms with E-state index >= 15 is 0 Å². The van der Waals surface area contributed by atoms with Gasteiger partial charge in [0.1, 0.15) is 0 Å². The van der Waals surface area contributed by atoms with E-state index in [-0.39, 0.29) is 25.1 Å². The van der Waals surface area contributed by atoms with Gasteiger partial charge in [0, 0.05) is 19.6 Å². The highest BCUT2D eigenvalue weighted by atomic mass is 19.4. The number of carbonyl (C=O) groups excluding carboxylic acids is 1. The Kier molecular flexibility index (Phi) is 5.12. The van der Waals surface area contributed by atoms with Gasteiger partial charge in [-0.05, 0) is 30.5 Å². The van der Waals surface area contributed by atoms with Gasteiger partial charge in [-0.2, -0.15) is 13.2 Å². The van der Waals surface area contributed by atoms with Gasteiger partial charge in [0.05, 0.1) is 11.5 Å². The van der Waals surface area contributed by atoms with Crippen LogP contribution in [-0.4, -0.2) is 41.3 Å². The Morgan fingerprint density at radius 2 is 1.91 bits per heavy atom. The molecule has 0 bridgehead atoms. The molecule has 0 spiro atoms. The van der Waals surface area contributed by atoms with E-state index in [1.54, 1.807) is 12.1 Å². The Morgan fingerprint density at radius 1 is 1.26 bits per heavy atom. The molecule has 126 valence electrons. The van der Waals surface area contributed by atoms with Gasteiger partial charge in [0.15, 0.2) is 0 Å². The van der Waals surface area contributed by atoms with Crippen LogP contribution < -0.4 is 5.32 Å². The molecule has 1 unspecified atom stereocenters. The number of carboxylic acid groups (broad SMARTS) is 1. The van der Waals surface area contributed by atoms with Gasteiger partial charge < -0.3 is 15.3 Å². The second-order valence-corrected chi connectivity index (χ2v) is 5.49. The summed E-state index contributed by atoms with van der Waals surface area (Å²) in [5, 5.41) is 11.3. The number of aromatic carboxylic acids is 1. The van der Waals surface area contributed by atoms with E-state index < -0.39 is 24.1 Å². The molecule has 1 aromatic carbocycles. The summed E-state index contributed by atoms with van der Waals surface area (Å²) in [6, 6.07) is 5.38. The Morgan fingerprint density at radius 3 is 2.48 bits per heavy atom. The first-order valence-electron chi connectivity index (χ1n) is 7.19. The van der Waals surface area contributed by atoms with Crippen LogP contribution in [-0.2, 0) is 6.54 Å². The summed E-state index contributed by atoms with van der Waals surface area (Å²) in [4.78, 5) is 23.9. The van der Waals surface area contributed by atoms with Crippen molar-refractivity contribution >= 4 is 12.0 Å². The average Bonchev–Trinajstić information content (AvgIpc) is 2.52. The van der Waals surface area contributed by atoms with Crippen LogP contribution in [0.25, 0.3) is 0 Å². The number of piperidine rings is 1. The minimum absolute atomic E-state index is 0.0456. The number of carbonyl (C=O) groups is 2. The number of hydrogen-bond donors (Lipinski definition) is 2. The highest BCUT2D eigenvalue weighted by Crippen LogP contribution is 2.33. The first kappa shape index (κ1) is 17.1. The van der Waals surface area contributed by atoms with Gasteiger partial charge in [-0.25, -0.2) is 9.59 Å². The lowest BCUT2D eigenvalue weighted by molar-refractivity contribution is -0.184. The molecule has 0 radical (unpaired) electrons. The SMILES string of the molecule is O=C(O)c1ccc(CNC(=O)N2CCCC(C(F)(F)F)C2)cc1. The zero-order chi connectivity index (χ0) is 17.0. The largest absolute Gasteiger partial charge is 0.478 e. The second-order valence-electron chi connectivity index (χ2n) is 5.49. The Bertz CT molecular complexity index is 572. The minimum atomic E-state index is -4.29. The first-order chi connectivity index (χ1) is 10.8. The van der Waals surface area contributed by atoms with E-state index in [1.165, 1.54) is 17.0 Å². The maximum absolute atomic E-state index is 12.7. The van der Waals surface area contributed by atoms with E-state index in [4.69, 9.17) is 5.11 Å². The lowest BCUT2D eigenvalue weighted by Gasteiger charge is -2.33. The number of nitrogens with one attached hydrogen (secondary N) is 1. The lowest BCUT2D eigenvalue weighted by Crippen LogP contribution is -2.48. The minimum Gasteiger partial charge on any atom is -0.478 e. The van der Waals surface area contributed by atoms with Gasteiger partial charge in [0.2, 0.25) is 0 Å². The van der Waals surface area contributed by atoms with Crippen molar-refractivity contribution in [2.75, 3.05) is 13.1 Å². The van der Waals surface area contributed by atoms with Crippen LogP contribution in [0.5, 0.6) is 0 Å². The molecule has 2 amide bonds. The average molecular weight is 330 g/mol. The number of carboxylic acids is 1. The van der Waals surface area contributed by atoms with Crippen molar-refractivity contribution in [3.8, 4) is 0 Å². The van der Waals surface area contributed by atoms with Crippen LogP contribution in [0.3, 0.4) is 0 Å². The number of hydrogen-bond acceptors (Lipinski definition) is 2. The molecule has 1 saturated heterocycles. The predicted octanol–water partition coefficient (Wildman–Crippen LogP) is 2.87. The highest BCUT2D eigenvalue weighted by molar-refractivity contribution is 5.87. The van der Waals surface area contributed by atoms with Gasteiger partial charge in [-0.3, -0.25) is 0 Å². The fourth-order valence-electron chi connectivity index (χ4n) is 2.48. The normalized spacial score (nSPS) is 18.6. The van der Waals surface area contributed by atoms with Crippen molar-refractivity contribution in [3.05, 3.63) is 35.4 Å². The van der Waals surface area contributed by atoms with Crippen molar-refractivity contribution in [1.29, 1.82) is 0 Å². The van der Waals surface area contributed by atoms with Crippen LogP contribution in [0.2, 0.25) is 0 Å². The molecule has 2 rings (SSSR count). The van der Waals surface area contributed by atoms with E-state index in [0.717, 1.165) is 0 Å². The third-order valence-corrected chi connectivity index (χ3v) is 3.82. The number of halogens is 3. The van der Waals surface area contributed by atoms with E-state index in [2.05, 4.69) is 5.32 Å². The molecule has 0 aromatic heterocycles. The maximum atomic E-state index is 12.7. The maximum Gasteiger partial charge on any atom is 0.393 e. The van der Waals surface area contributed by atoms with Crippen molar-refractivity contribution < 1.29 is 27.9 Å². The molecular formula is C15H17F3N2O3. The zero-order valence-corrected chi connectivity index (χ0v) is 12.3. The molecule has 1 fully saturated rings. The third kappa shape index (κ3) is 4.61. The third-order valence-electron chi connectivity index (χ3n) is 3.82. The Balaban J connectivity index is 1.88. The van der Waals surface area contributed by atoms with E-state index in [1.807, 2.05) is 0 Å². The Labute approximate surface area is 131 Å². The number of benzene rings is 1. The molecule has 0 aliphatic carbocycles. The predicted molar refractivity (Wildman–Crippen MR) is 76.0 cm³/mol. The molecule has 1 heterocycles. The van der Waals surface area contributed by atoms with Gasteiger partial charge in [-0.1, -0.05) is 12.1 Å². The molecule has 1 aromatic rings. The van der Waals surface area contributed by atoms with Crippen molar-refractivity contribution in [2.45, 2.75) is 25.6 Å². The van der Waals surface area contributed by atoms with Gasteiger partial charge in [-0.15, -0.1) is 0 Å². The molecule has 1 aliphatic heterocycles. The molecule has 2 N–H and O–H groups in total. The first-order valence-corrected chi connectivity index (χ1v) is 7.19. The van der Waals surface area contributed by atoms with Crippen molar-refractivity contribution in [2.24, 2.45) is 5.92 Å². The van der Waals surface area contributed by atoms with Crippen LogP contribution in [0.15, 0.2) is 24.3 Å². The van der Waals surface area contributed by atoms with Gasteiger partial charge in [0.25, 0.3) is 0 Å². The number of amides is 2. The molecule has 8 heteroatoms. The fourth-order valence-corrected chi connectivity index (χ4v) is 2.48. The summed E-state index contributed by atoms with van der Waals surface area (Å²) in [7, 11) is 0. The zero-order valence-electron chi connectivity index (χ0n) is 12.3. The number of nitrogens with zero attached hydrogens (tertiary/aromatic N) is 1. The summed E-state index contributed by atoms with van der Waals surface area (Å²) < 4.78 is 38.2. The van der Waals surface area contributed by atoms with Crippen LogP contribution in [0.4, 0.5) is 18.0 Å². The second kappa shape index (κ2) is 6.89. The summed E-state index contributed by atoms with van der Waals surface area (Å²) >= 11 is 0. The van der Waals surface area contributed by atoms with Crippen LogP contribution in [0.1, 0.15) is 28.8 Å². The quantitative estimate of drug-likeness (QED) is 0.895. The standard InChI is InChI=1S/C15H17F3N2O3/c16-15(17,18)12-2-1-7-20(9-12)14(23)19-8-10-3-5-11(6-4-10)13(21)22/h3-6,12H,1-2,7-9H2,(H,19,23)(H,21,22). The van der Waals surface area contributed by atoms with Crippen LogP contribution >= 0.6 is 0 Å². The summed E-state index contributed by atoms with van der Waals surface area (Å²) in [5.74, 6) is -2.52. The highest BCUT2D eigenvalue weighted by Gasteiger charge is 2.42. The molecule has 1 atom stereocenters. The van der Waals surface area contributed by atoms with Crippen molar-refractivity contribution in [1.82, 2.24) is 10.2 Å². The lowest BCUT2D eigenvalue weighted by atomic mass is 9.98. The summed E-state index contributed by atoms with van der Waals surface area (Å²) in [6.07, 6.45) is -3.92. The van der Waals surface area contributed by atoms with Gasteiger partial charge >= 0.3 is 18.2 Å². The van der Waals surface area contributed by atoms with Crippen molar-refractivity contribution in [3.63, 3.8) is 0 Å². The smallest absolute Gasteiger partial charge is 0.393 e. The molecular weight excluding hydrogens is 313 g/mol. The molecule has 5 nitrogen and oxygen atoms in total. The number of urea groups is 1. The Hall–Kier alpha value is -2.25. The van der Waals surface area contributed by atoms with E-state index in [9.17, 15) is 22.8 Å². The number of likely N-dealkylation sites (tertiary alicyclic amines) is 1. The summed E-state index contributed by atoms with van der Waals surface area (Å²) in [5.41, 5.74) is 0.803. The molecule has 23 heavy (non-hydrogen) atoms. The van der Waals surface area contributed by atoms with E-state index in [0.29, 0.717) is 18.5 Å². The fraction of sp³-hybridized carbons (Fsp3) is 0.467. The van der Waals surface area contributed by atoms with Crippen LogP contribution in [0, 0.1) is 5.92 Å². The topological polar surface area (TPSA) is 69.6 Å². The number of rotatable bonds is 3. The summed E-state index contributed by atoms with van der Waals surface area (Å²) in [6.45, 7) is 0.107. The number of alkyl halides is 3. The monoisotopic (exact) mass is 330 g/mol. The molecule has 1 aliphatic rings.